The first-order chi connectivity index (χ1) is 10.4. The summed E-state index contributed by atoms with van der Waals surface area (Å²) < 4.78 is 10.6. The maximum absolute atomic E-state index is 5.65. The summed E-state index contributed by atoms with van der Waals surface area (Å²) >= 11 is 1.95. The summed E-state index contributed by atoms with van der Waals surface area (Å²) in [5, 5.41) is 2.43. The van der Waals surface area contributed by atoms with Crippen molar-refractivity contribution < 1.29 is 9.47 Å². The third kappa shape index (κ3) is 4.65. The smallest absolute Gasteiger partial charge is 0.188 e. The first kappa shape index (κ1) is 16.2. The fraction of sp³-hybridized carbons (Fsp3) is 0.444. The third-order valence-electron chi connectivity index (χ3n) is 3.43. The number of methoxy groups -OCH3 is 1. The summed E-state index contributed by atoms with van der Waals surface area (Å²) in [6, 6.07) is 12.6. The first-order valence-corrected chi connectivity index (χ1v) is 8.61. The van der Waals surface area contributed by atoms with Gasteiger partial charge in [0.2, 0.25) is 0 Å². The van der Waals surface area contributed by atoms with Crippen molar-refractivity contribution >= 4 is 22.5 Å². The Morgan fingerprint density at radius 2 is 1.76 bits per heavy atom. The molecule has 0 saturated heterocycles. The molecule has 0 unspecified atom stereocenters. The van der Waals surface area contributed by atoms with Crippen LogP contribution in [0.2, 0.25) is 0 Å². The van der Waals surface area contributed by atoms with E-state index in [9.17, 15) is 0 Å². The van der Waals surface area contributed by atoms with E-state index in [4.69, 9.17) is 9.47 Å². The van der Waals surface area contributed by atoms with Gasteiger partial charge in [0.1, 0.15) is 5.75 Å². The zero-order chi connectivity index (χ0) is 14.9. The second kappa shape index (κ2) is 8.96. The minimum atomic E-state index is 0.285. The molecule has 21 heavy (non-hydrogen) atoms. The molecule has 0 bridgehead atoms. The molecule has 0 aliphatic rings. The molecule has 0 aliphatic heterocycles. The Morgan fingerprint density at radius 1 is 0.952 bits per heavy atom. The highest BCUT2D eigenvalue weighted by atomic mass is 32.2. The van der Waals surface area contributed by atoms with E-state index < -0.39 is 0 Å². The van der Waals surface area contributed by atoms with Crippen molar-refractivity contribution in [1.82, 2.24) is 0 Å². The number of fused-ring (bicyclic) bond motifs is 1. The van der Waals surface area contributed by atoms with E-state index in [0.717, 1.165) is 11.1 Å². The minimum Gasteiger partial charge on any atom is -0.467 e. The van der Waals surface area contributed by atoms with Crippen LogP contribution in [0.3, 0.4) is 0 Å². The molecule has 0 saturated carbocycles. The molecule has 0 aromatic heterocycles. The molecule has 114 valence electrons. The van der Waals surface area contributed by atoms with Crippen molar-refractivity contribution in [1.29, 1.82) is 0 Å². The molecule has 2 nitrogen and oxygen atoms in total. The summed E-state index contributed by atoms with van der Waals surface area (Å²) in [6.45, 7) is 2.53. The third-order valence-corrected chi connectivity index (χ3v) is 4.59. The Bertz CT molecular complexity index is 554. The molecular weight excluding hydrogens is 280 g/mol. The predicted molar refractivity (Wildman–Crippen MR) is 91.3 cm³/mol. The Kier molecular flexibility index (Phi) is 6.90. The lowest BCUT2D eigenvalue weighted by Crippen LogP contribution is -1.99. The average molecular weight is 304 g/mol. The number of unbranched alkanes of at least 4 members (excludes halogenated alkanes) is 3. The average Bonchev–Trinajstić information content (AvgIpc) is 2.53. The second-order valence-electron chi connectivity index (χ2n) is 5.07. The molecule has 2 aromatic carbocycles. The maximum Gasteiger partial charge on any atom is 0.188 e. The molecule has 0 heterocycles. The van der Waals surface area contributed by atoms with E-state index >= 15 is 0 Å². The molecule has 2 rings (SSSR count). The topological polar surface area (TPSA) is 18.5 Å². The van der Waals surface area contributed by atoms with E-state index in [2.05, 4.69) is 43.3 Å². The molecule has 0 fully saturated rings. The molecule has 0 N–H and O–H groups in total. The number of hydrogen-bond acceptors (Lipinski definition) is 3. The fourth-order valence-electron chi connectivity index (χ4n) is 2.33. The van der Waals surface area contributed by atoms with Crippen LogP contribution < -0.4 is 4.74 Å². The minimum absolute atomic E-state index is 0.285. The van der Waals surface area contributed by atoms with Gasteiger partial charge in [-0.2, -0.15) is 0 Å². The van der Waals surface area contributed by atoms with Crippen LogP contribution in [0.5, 0.6) is 5.75 Å². The molecule has 0 atom stereocenters. The van der Waals surface area contributed by atoms with Crippen LogP contribution in [0.1, 0.15) is 32.6 Å². The van der Waals surface area contributed by atoms with Gasteiger partial charge in [0.05, 0.1) is 0 Å². The van der Waals surface area contributed by atoms with Gasteiger partial charge in [-0.1, -0.05) is 50.5 Å². The van der Waals surface area contributed by atoms with Gasteiger partial charge >= 0.3 is 0 Å². The molecular formula is C18H24O2S. The van der Waals surface area contributed by atoms with Crippen molar-refractivity contribution in [2.45, 2.75) is 37.5 Å². The Balaban J connectivity index is 2.10. The molecule has 0 amide bonds. The molecule has 0 spiro atoms. The fourth-order valence-corrected chi connectivity index (χ4v) is 3.40. The van der Waals surface area contributed by atoms with Crippen molar-refractivity contribution in [3.8, 4) is 5.75 Å². The number of benzene rings is 2. The lowest BCUT2D eigenvalue weighted by atomic mass is 10.1. The van der Waals surface area contributed by atoms with Crippen LogP contribution >= 0.6 is 11.8 Å². The summed E-state index contributed by atoms with van der Waals surface area (Å²) in [5.41, 5.74) is 0. The van der Waals surface area contributed by atoms with Crippen LogP contribution in [0.25, 0.3) is 10.8 Å². The highest BCUT2D eigenvalue weighted by Crippen LogP contribution is 2.34. The van der Waals surface area contributed by atoms with E-state index in [1.165, 1.54) is 41.7 Å². The van der Waals surface area contributed by atoms with Gasteiger partial charge in [-0.3, -0.25) is 0 Å². The summed E-state index contributed by atoms with van der Waals surface area (Å²) in [4.78, 5) is 1.34. The Morgan fingerprint density at radius 3 is 2.52 bits per heavy atom. The van der Waals surface area contributed by atoms with Crippen LogP contribution in [0.15, 0.2) is 41.3 Å². The van der Waals surface area contributed by atoms with E-state index in [0.29, 0.717) is 0 Å². The van der Waals surface area contributed by atoms with Gasteiger partial charge in [-0.25, -0.2) is 0 Å². The maximum atomic E-state index is 5.65. The monoisotopic (exact) mass is 304 g/mol. The number of hydrogen-bond donors (Lipinski definition) is 0. The summed E-state index contributed by atoms with van der Waals surface area (Å²) in [7, 11) is 1.64. The Hall–Kier alpha value is -1.19. The zero-order valence-corrected chi connectivity index (χ0v) is 13.7. The lowest BCUT2D eigenvalue weighted by Gasteiger charge is -2.11. The standard InChI is InChI=1S/C18H24O2S/c1-3-4-5-8-13-21-18-12-11-17(20-14-19-2)15-9-6-7-10-16(15)18/h6-7,9-12H,3-5,8,13-14H2,1-2H3. The van der Waals surface area contributed by atoms with Crippen LogP contribution in [-0.4, -0.2) is 19.7 Å². The highest BCUT2D eigenvalue weighted by Gasteiger charge is 2.07. The second-order valence-corrected chi connectivity index (χ2v) is 6.20. The SMILES string of the molecule is CCCCCCSc1ccc(OCOC)c2ccccc12. The van der Waals surface area contributed by atoms with Gasteiger partial charge in [0.25, 0.3) is 0 Å². The quantitative estimate of drug-likeness (QED) is 0.346. The van der Waals surface area contributed by atoms with Gasteiger partial charge in [-0.15, -0.1) is 11.8 Å². The normalized spacial score (nSPS) is 11.0. The number of ether oxygens (including phenoxy) is 2. The summed E-state index contributed by atoms with van der Waals surface area (Å²) in [6.07, 6.45) is 5.25. The summed E-state index contributed by atoms with van der Waals surface area (Å²) in [5.74, 6) is 2.07. The number of rotatable bonds is 9. The van der Waals surface area contributed by atoms with Gasteiger partial charge < -0.3 is 9.47 Å². The van der Waals surface area contributed by atoms with Gasteiger partial charge in [0.15, 0.2) is 6.79 Å². The molecule has 2 aromatic rings. The highest BCUT2D eigenvalue weighted by molar-refractivity contribution is 7.99. The lowest BCUT2D eigenvalue weighted by molar-refractivity contribution is 0.0522. The number of thioether (sulfide) groups is 1. The van der Waals surface area contributed by atoms with E-state index in [1.807, 2.05) is 11.8 Å². The van der Waals surface area contributed by atoms with Crippen molar-refractivity contribution in [2.75, 3.05) is 19.7 Å². The van der Waals surface area contributed by atoms with Crippen LogP contribution in [-0.2, 0) is 4.74 Å². The van der Waals surface area contributed by atoms with Crippen molar-refractivity contribution in [3.63, 3.8) is 0 Å². The molecule has 0 radical (unpaired) electrons. The van der Waals surface area contributed by atoms with Crippen molar-refractivity contribution in [2.24, 2.45) is 0 Å². The predicted octanol–water partition coefficient (Wildman–Crippen LogP) is 5.49. The molecule has 0 aliphatic carbocycles. The van der Waals surface area contributed by atoms with Gasteiger partial charge in [-0.05, 0) is 29.7 Å². The van der Waals surface area contributed by atoms with E-state index in [-0.39, 0.29) is 6.79 Å². The van der Waals surface area contributed by atoms with Crippen molar-refractivity contribution in [3.05, 3.63) is 36.4 Å². The molecule has 3 heteroatoms. The largest absolute Gasteiger partial charge is 0.467 e. The van der Waals surface area contributed by atoms with Gasteiger partial charge in [0, 0.05) is 17.4 Å². The first-order valence-electron chi connectivity index (χ1n) is 7.63. The van der Waals surface area contributed by atoms with Crippen LogP contribution in [0.4, 0.5) is 0 Å². The Labute approximate surface area is 131 Å². The van der Waals surface area contributed by atoms with E-state index in [1.54, 1.807) is 7.11 Å². The zero-order valence-electron chi connectivity index (χ0n) is 12.9. The van der Waals surface area contributed by atoms with Crippen LogP contribution in [0, 0.1) is 0 Å².